The summed E-state index contributed by atoms with van der Waals surface area (Å²) in [5.74, 6) is -0.557. The van der Waals surface area contributed by atoms with Crippen molar-refractivity contribution < 1.29 is 20.1 Å². The molecule has 1 aliphatic rings. The van der Waals surface area contributed by atoms with Gasteiger partial charge in [-0.2, -0.15) is 0 Å². The van der Waals surface area contributed by atoms with Gasteiger partial charge < -0.3 is 15.3 Å². The predicted octanol–water partition coefficient (Wildman–Crippen LogP) is 2.04. The van der Waals surface area contributed by atoms with E-state index in [4.69, 9.17) is 5.11 Å². The molecule has 1 heterocycles. The Morgan fingerprint density at radius 2 is 2.04 bits per heavy atom. The van der Waals surface area contributed by atoms with E-state index in [1.807, 2.05) is 24.3 Å². The van der Waals surface area contributed by atoms with Crippen molar-refractivity contribution in [2.45, 2.75) is 51.0 Å². The van der Waals surface area contributed by atoms with E-state index in [0.717, 1.165) is 19.5 Å². The molecule has 0 unspecified atom stereocenters. The quantitative estimate of drug-likeness (QED) is 0.634. The first-order chi connectivity index (χ1) is 11.5. The monoisotopic (exact) mass is 333 g/mol. The number of hydrogen-bond donors (Lipinski definition) is 3. The molecular weight excluding hydrogens is 306 g/mol. The summed E-state index contributed by atoms with van der Waals surface area (Å²) in [4.78, 5) is 12.9. The second-order valence-electron chi connectivity index (χ2n) is 6.65. The van der Waals surface area contributed by atoms with Crippen LogP contribution in [0.4, 0.5) is 0 Å². The van der Waals surface area contributed by atoms with Crippen molar-refractivity contribution in [3.05, 3.63) is 48.0 Å². The Kier molecular flexibility index (Phi) is 6.97. The highest BCUT2D eigenvalue weighted by molar-refractivity contribution is 5.67. The van der Waals surface area contributed by atoms with Crippen molar-refractivity contribution in [2.75, 3.05) is 6.54 Å². The van der Waals surface area contributed by atoms with Gasteiger partial charge in [-0.05, 0) is 24.4 Å². The smallest absolute Gasteiger partial charge is 0.305 e. The molecule has 0 radical (unpaired) electrons. The van der Waals surface area contributed by atoms with Gasteiger partial charge in [0.25, 0.3) is 0 Å². The van der Waals surface area contributed by atoms with Gasteiger partial charge in [0.05, 0.1) is 18.6 Å². The molecule has 0 amide bonds. The molecule has 1 aliphatic heterocycles. The summed E-state index contributed by atoms with van der Waals surface area (Å²) >= 11 is 0. The van der Waals surface area contributed by atoms with Gasteiger partial charge in [0, 0.05) is 19.0 Å². The third-order valence-electron chi connectivity index (χ3n) is 4.56. The Labute approximate surface area is 143 Å². The summed E-state index contributed by atoms with van der Waals surface area (Å²) in [5.41, 5.74) is 1.27. The van der Waals surface area contributed by atoms with Crippen LogP contribution in [0.2, 0.25) is 0 Å². The van der Waals surface area contributed by atoms with Crippen LogP contribution in [0.1, 0.15) is 31.7 Å². The lowest BCUT2D eigenvalue weighted by atomic mass is 10.0. The third kappa shape index (κ3) is 5.74. The van der Waals surface area contributed by atoms with Crippen LogP contribution >= 0.6 is 0 Å². The summed E-state index contributed by atoms with van der Waals surface area (Å²) in [6, 6.07) is 10.5. The first kappa shape index (κ1) is 18.6. The molecule has 24 heavy (non-hydrogen) atoms. The standard InChI is InChI=1S/C19H27NO4/c1-14-9-10-20(13-15-5-3-2-4-6-15)18(14)8-7-16(21)11-17(22)12-19(23)24/h2-8,14,16-18,21-22H,9-13H2,1H3,(H,23,24)/b8-7+/t14-,16-,17-,18+/m1/s1. The van der Waals surface area contributed by atoms with E-state index in [1.165, 1.54) is 5.56 Å². The average Bonchev–Trinajstić information content (AvgIpc) is 2.85. The number of carboxylic acid groups (broad SMARTS) is 1. The van der Waals surface area contributed by atoms with E-state index in [2.05, 4.69) is 24.0 Å². The van der Waals surface area contributed by atoms with Gasteiger partial charge in [0.1, 0.15) is 0 Å². The largest absolute Gasteiger partial charge is 0.481 e. The molecule has 5 heteroatoms. The molecule has 0 aliphatic carbocycles. The van der Waals surface area contributed by atoms with Crippen molar-refractivity contribution in [1.29, 1.82) is 0 Å². The zero-order chi connectivity index (χ0) is 17.5. The normalized spacial score (nSPS) is 24.3. The van der Waals surface area contributed by atoms with Crippen molar-refractivity contribution in [3.8, 4) is 0 Å². The van der Waals surface area contributed by atoms with E-state index in [1.54, 1.807) is 6.08 Å². The van der Waals surface area contributed by atoms with Crippen LogP contribution in [-0.2, 0) is 11.3 Å². The van der Waals surface area contributed by atoms with Crippen LogP contribution < -0.4 is 0 Å². The van der Waals surface area contributed by atoms with Crippen LogP contribution in [0.15, 0.2) is 42.5 Å². The Morgan fingerprint density at radius 3 is 2.71 bits per heavy atom. The number of nitrogens with zero attached hydrogens (tertiary/aromatic N) is 1. The van der Waals surface area contributed by atoms with Gasteiger partial charge in [-0.3, -0.25) is 9.69 Å². The van der Waals surface area contributed by atoms with E-state index < -0.39 is 18.2 Å². The molecule has 4 atom stereocenters. The molecule has 0 saturated carbocycles. The summed E-state index contributed by atoms with van der Waals surface area (Å²) in [6.45, 7) is 4.09. The van der Waals surface area contributed by atoms with Gasteiger partial charge in [0.2, 0.25) is 0 Å². The lowest BCUT2D eigenvalue weighted by molar-refractivity contribution is -0.139. The first-order valence-corrected chi connectivity index (χ1v) is 8.50. The minimum Gasteiger partial charge on any atom is -0.481 e. The summed E-state index contributed by atoms with van der Waals surface area (Å²) in [5, 5.41) is 28.2. The molecule has 0 spiro atoms. The summed E-state index contributed by atoms with van der Waals surface area (Å²) < 4.78 is 0. The fourth-order valence-corrected chi connectivity index (χ4v) is 3.25. The Balaban J connectivity index is 1.91. The number of hydrogen-bond acceptors (Lipinski definition) is 4. The maximum atomic E-state index is 10.6. The van der Waals surface area contributed by atoms with Crippen LogP contribution in [0.5, 0.6) is 0 Å². The highest BCUT2D eigenvalue weighted by Gasteiger charge is 2.29. The summed E-state index contributed by atoms with van der Waals surface area (Å²) in [7, 11) is 0. The van der Waals surface area contributed by atoms with E-state index in [0.29, 0.717) is 5.92 Å². The van der Waals surface area contributed by atoms with E-state index >= 15 is 0 Å². The number of likely N-dealkylation sites (tertiary alicyclic amines) is 1. The summed E-state index contributed by atoms with van der Waals surface area (Å²) in [6.07, 6.45) is 2.65. The number of aliphatic carboxylic acids is 1. The molecule has 0 bridgehead atoms. The minimum atomic E-state index is -1.06. The molecular formula is C19H27NO4. The van der Waals surface area contributed by atoms with Crippen molar-refractivity contribution in [3.63, 3.8) is 0 Å². The van der Waals surface area contributed by atoms with Gasteiger partial charge in [0.15, 0.2) is 0 Å². The molecule has 5 nitrogen and oxygen atoms in total. The van der Waals surface area contributed by atoms with Crippen LogP contribution in [-0.4, -0.2) is 51.0 Å². The van der Waals surface area contributed by atoms with Crippen LogP contribution in [0, 0.1) is 5.92 Å². The van der Waals surface area contributed by atoms with Gasteiger partial charge >= 0.3 is 5.97 Å². The Bertz CT molecular complexity index is 546. The van der Waals surface area contributed by atoms with Crippen LogP contribution in [0.25, 0.3) is 0 Å². The highest BCUT2D eigenvalue weighted by atomic mass is 16.4. The predicted molar refractivity (Wildman–Crippen MR) is 92.4 cm³/mol. The van der Waals surface area contributed by atoms with Gasteiger partial charge in [-0.1, -0.05) is 49.4 Å². The first-order valence-electron chi connectivity index (χ1n) is 8.50. The SMILES string of the molecule is C[C@@H]1CCN(Cc2ccccc2)[C@H]1/C=C/[C@@H](O)C[C@@H](O)CC(=O)O. The number of rotatable bonds is 8. The number of carboxylic acids is 1. The molecule has 2 rings (SSSR count). The minimum absolute atomic E-state index is 0.0442. The van der Waals surface area contributed by atoms with Crippen molar-refractivity contribution in [1.82, 2.24) is 4.90 Å². The van der Waals surface area contributed by atoms with E-state index in [9.17, 15) is 15.0 Å². The highest BCUT2D eigenvalue weighted by Crippen LogP contribution is 2.27. The fourth-order valence-electron chi connectivity index (χ4n) is 3.25. The molecule has 132 valence electrons. The number of benzene rings is 1. The number of aliphatic hydroxyl groups is 2. The third-order valence-corrected chi connectivity index (χ3v) is 4.56. The van der Waals surface area contributed by atoms with Crippen molar-refractivity contribution in [2.24, 2.45) is 5.92 Å². The topological polar surface area (TPSA) is 81.0 Å². The average molecular weight is 333 g/mol. The number of aliphatic hydroxyl groups excluding tert-OH is 2. The van der Waals surface area contributed by atoms with Crippen LogP contribution in [0.3, 0.4) is 0 Å². The van der Waals surface area contributed by atoms with E-state index in [-0.39, 0.29) is 18.9 Å². The molecule has 0 aromatic heterocycles. The van der Waals surface area contributed by atoms with Crippen molar-refractivity contribution >= 4 is 5.97 Å². The zero-order valence-corrected chi connectivity index (χ0v) is 14.1. The Hall–Kier alpha value is -1.69. The molecule has 1 fully saturated rings. The molecule has 3 N–H and O–H groups in total. The number of carbonyl (C=O) groups is 1. The second-order valence-corrected chi connectivity index (χ2v) is 6.65. The fraction of sp³-hybridized carbons (Fsp3) is 0.526. The van der Waals surface area contributed by atoms with Gasteiger partial charge in [-0.25, -0.2) is 0 Å². The zero-order valence-electron chi connectivity index (χ0n) is 14.1. The Morgan fingerprint density at radius 1 is 1.33 bits per heavy atom. The van der Waals surface area contributed by atoms with Gasteiger partial charge in [-0.15, -0.1) is 0 Å². The molecule has 1 aromatic carbocycles. The molecule has 1 saturated heterocycles. The lowest BCUT2D eigenvalue weighted by Crippen LogP contribution is -2.30. The maximum absolute atomic E-state index is 10.6. The lowest BCUT2D eigenvalue weighted by Gasteiger charge is -2.24. The molecule has 1 aromatic rings. The second kappa shape index (κ2) is 8.97. The maximum Gasteiger partial charge on any atom is 0.305 e.